The molecule has 1 atom stereocenters. The summed E-state index contributed by atoms with van der Waals surface area (Å²) in [4.78, 5) is 25.8. The number of aromatic hydroxyl groups is 1. The van der Waals surface area contributed by atoms with E-state index in [0.29, 0.717) is 24.1 Å². The van der Waals surface area contributed by atoms with E-state index < -0.39 is 17.4 Å². The van der Waals surface area contributed by atoms with Crippen molar-refractivity contribution in [3.05, 3.63) is 40.5 Å². The average Bonchev–Trinajstić information content (AvgIpc) is 3.10. The van der Waals surface area contributed by atoms with E-state index in [4.69, 9.17) is 0 Å². The standard InChI is InChI=1S/C17H19FN8O2/c1-8(23-15-13-14(20-6-19-13)21-7-22-15)16-24-11-5-9(27)4-10(18)12(11)17(28)26(16)25(2)3/h4-5,7-8,19,27H,6H2,1-3H3,(H2,20,21,22,23). The van der Waals surface area contributed by atoms with Gasteiger partial charge in [0.2, 0.25) is 0 Å². The lowest BCUT2D eigenvalue weighted by Gasteiger charge is -2.24. The van der Waals surface area contributed by atoms with Crippen molar-refractivity contribution in [3.8, 4) is 5.75 Å². The van der Waals surface area contributed by atoms with E-state index in [1.54, 1.807) is 14.1 Å². The summed E-state index contributed by atoms with van der Waals surface area (Å²) in [5.74, 6) is 0.442. The van der Waals surface area contributed by atoms with Gasteiger partial charge >= 0.3 is 0 Å². The van der Waals surface area contributed by atoms with E-state index in [1.807, 2.05) is 6.92 Å². The zero-order valence-corrected chi connectivity index (χ0v) is 15.5. The van der Waals surface area contributed by atoms with Crippen molar-refractivity contribution in [2.24, 2.45) is 0 Å². The number of benzene rings is 1. The number of hydrogen-bond acceptors (Lipinski definition) is 9. The van der Waals surface area contributed by atoms with Gasteiger partial charge in [0.15, 0.2) is 17.5 Å². The van der Waals surface area contributed by atoms with Crippen LogP contribution in [-0.4, -0.2) is 45.5 Å². The van der Waals surface area contributed by atoms with Crippen LogP contribution in [0.25, 0.3) is 10.9 Å². The Hall–Kier alpha value is -3.63. The fourth-order valence-corrected chi connectivity index (χ4v) is 3.21. The Morgan fingerprint density at radius 2 is 2.11 bits per heavy atom. The highest BCUT2D eigenvalue weighted by Crippen LogP contribution is 2.32. The topological polar surface area (TPSA) is 120 Å². The number of aromatic nitrogens is 4. The largest absolute Gasteiger partial charge is 0.508 e. The van der Waals surface area contributed by atoms with Crippen LogP contribution in [0.4, 0.5) is 21.7 Å². The van der Waals surface area contributed by atoms with E-state index >= 15 is 0 Å². The third-order valence-corrected chi connectivity index (χ3v) is 4.42. The van der Waals surface area contributed by atoms with E-state index in [-0.39, 0.29) is 16.7 Å². The maximum absolute atomic E-state index is 14.3. The number of phenols is 1. The fourth-order valence-electron chi connectivity index (χ4n) is 3.21. The highest BCUT2D eigenvalue weighted by molar-refractivity contribution is 5.81. The van der Waals surface area contributed by atoms with Crippen molar-refractivity contribution in [2.45, 2.75) is 13.0 Å². The first-order valence-corrected chi connectivity index (χ1v) is 8.59. The van der Waals surface area contributed by atoms with Gasteiger partial charge in [0, 0.05) is 26.2 Å². The second kappa shape index (κ2) is 6.51. The van der Waals surface area contributed by atoms with Crippen LogP contribution in [0.3, 0.4) is 0 Å². The highest BCUT2D eigenvalue weighted by Gasteiger charge is 2.23. The summed E-state index contributed by atoms with van der Waals surface area (Å²) in [6, 6.07) is 1.70. The Morgan fingerprint density at radius 3 is 2.86 bits per heavy atom. The maximum atomic E-state index is 14.3. The quantitative estimate of drug-likeness (QED) is 0.524. The number of hydrogen-bond donors (Lipinski definition) is 4. The minimum absolute atomic E-state index is 0.0805. The first kappa shape index (κ1) is 17.8. The van der Waals surface area contributed by atoms with Crippen molar-refractivity contribution in [3.63, 3.8) is 0 Å². The molecule has 3 aromatic rings. The van der Waals surface area contributed by atoms with Crippen molar-refractivity contribution < 1.29 is 9.50 Å². The third kappa shape index (κ3) is 2.80. The summed E-state index contributed by atoms with van der Waals surface area (Å²) < 4.78 is 15.6. The predicted molar refractivity (Wildman–Crippen MR) is 104 cm³/mol. The Bertz CT molecular complexity index is 1130. The molecule has 4 rings (SSSR count). The smallest absolute Gasteiger partial charge is 0.283 e. The zero-order chi connectivity index (χ0) is 20.0. The minimum Gasteiger partial charge on any atom is -0.508 e. The molecule has 0 spiro atoms. The van der Waals surface area contributed by atoms with E-state index in [1.165, 1.54) is 22.1 Å². The summed E-state index contributed by atoms with van der Waals surface area (Å²) in [7, 11) is 3.33. The molecule has 2 aromatic heterocycles. The van der Waals surface area contributed by atoms with Crippen LogP contribution in [0.5, 0.6) is 5.75 Å². The monoisotopic (exact) mass is 386 g/mol. The predicted octanol–water partition coefficient (Wildman–Crippen LogP) is 1.20. The number of phenolic OH excluding ortho intramolecular Hbond substituents is 1. The lowest BCUT2D eigenvalue weighted by molar-refractivity contribution is 0.470. The molecule has 146 valence electrons. The molecular weight excluding hydrogens is 367 g/mol. The molecule has 4 N–H and O–H groups in total. The van der Waals surface area contributed by atoms with Gasteiger partial charge in [-0.05, 0) is 6.92 Å². The molecule has 1 aliphatic heterocycles. The first-order chi connectivity index (χ1) is 13.4. The normalized spacial score (nSPS) is 13.6. The van der Waals surface area contributed by atoms with Crippen LogP contribution in [0.1, 0.15) is 18.8 Å². The molecule has 11 heteroatoms. The number of fused-ring (bicyclic) bond motifs is 2. The van der Waals surface area contributed by atoms with Crippen molar-refractivity contribution in [2.75, 3.05) is 41.7 Å². The molecule has 0 saturated carbocycles. The molecule has 1 aromatic carbocycles. The van der Waals surface area contributed by atoms with Gasteiger partial charge in [-0.3, -0.25) is 4.79 Å². The SMILES string of the molecule is CC(Nc1ncnc2c1NCN2)c1nc2cc(O)cc(F)c2c(=O)n1N(C)C. The van der Waals surface area contributed by atoms with Crippen LogP contribution < -0.4 is 26.5 Å². The third-order valence-electron chi connectivity index (χ3n) is 4.42. The Balaban J connectivity index is 1.84. The van der Waals surface area contributed by atoms with Gasteiger partial charge in [-0.25, -0.2) is 24.0 Å². The molecule has 0 aliphatic carbocycles. The van der Waals surface area contributed by atoms with Crippen LogP contribution in [0.15, 0.2) is 23.3 Å². The average molecular weight is 386 g/mol. The molecule has 28 heavy (non-hydrogen) atoms. The molecule has 0 radical (unpaired) electrons. The first-order valence-electron chi connectivity index (χ1n) is 8.59. The maximum Gasteiger partial charge on any atom is 0.283 e. The van der Waals surface area contributed by atoms with E-state index in [9.17, 15) is 14.3 Å². The van der Waals surface area contributed by atoms with Gasteiger partial charge in [-0.2, -0.15) is 0 Å². The molecule has 3 heterocycles. The van der Waals surface area contributed by atoms with Gasteiger partial charge < -0.3 is 26.1 Å². The molecule has 0 bridgehead atoms. The number of rotatable bonds is 4. The highest BCUT2D eigenvalue weighted by atomic mass is 19.1. The summed E-state index contributed by atoms with van der Waals surface area (Å²) >= 11 is 0. The summed E-state index contributed by atoms with van der Waals surface area (Å²) in [6.45, 7) is 2.34. The summed E-state index contributed by atoms with van der Waals surface area (Å²) in [6.07, 6.45) is 1.42. The number of nitrogens with one attached hydrogen (secondary N) is 3. The molecule has 1 aliphatic rings. The molecule has 0 fully saturated rings. The zero-order valence-electron chi connectivity index (χ0n) is 15.5. The molecule has 0 amide bonds. The molecule has 1 unspecified atom stereocenters. The van der Waals surface area contributed by atoms with Gasteiger partial charge in [-0.1, -0.05) is 0 Å². The number of halogens is 1. The Morgan fingerprint density at radius 1 is 1.32 bits per heavy atom. The second-order valence-electron chi connectivity index (χ2n) is 6.60. The van der Waals surface area contributed by atoms with Crippen LogP contribution >= 0.6 is 0 Å². The van der Waals surface area contributed by atoms with Gasteiger partial charge in [0.1, 0.15) is 29.0 Å². The van der Waals surface area contributed by atoms with Crippen LogP contribution in [0.2, 0.25) is 0 Å². The summed E-state index contributed by atoms with van der Waals surface area (Å²) in [5, 5.41) is 20.5. The van der Waals surface area contributed by atoms with Crippen LogP contribution in [0, 0.1) is 5.82 Å². The fraction of sp³-hybridized carbons (Fsp3) is 0.294. The summed E-state index contributed by atoms with van der Waals surface area (Å²) in [5.41, 5.74) is 0.235. The van der Waals surface area contributed by atoms with Gasteiger partial charge in [0.25, 0.3) is 5.56 Å². The number of anilines is 3. The Kier molecular flexibility index (Phi) is 4.13. The van der Waals surface area contributed by atoms with Gasteiger partial charge in [-0.15, -0.1) is 0 Å². The molecule has 0 saturated heterocycles. The van der Waals surface area contributed by atoms with Crippen molar-refractivity contribution in [1.82, 2.24) is 19.6 Å². The van der Waals surface area contributed by atoms with E-state index in [0.717, 1.165) is 11.8 Å². The lowest BCUT2D eigenvalue weighted by Crippen LogP contribution is -2.40. The Labute approximate surface area is 159 Å². The van der Waals surface area contributed by atoms with Crippen LogP contribution in [-0.2, 0) is 0 Å². The minimum atomic E-state index is -0.820. The number of nitrogens with zero attached hydrogens (tertiary/aromatic N) is 5. The van der Waals surface area contributed by atoms with Gasteiger partial charge in [0.05, 0.1) is 18.2 Å². The van der Waals surface area contributed by atoms with E-state index in [2.05, 4.69) is 30.9 Å². The van der Waals surface area contributed by atoms with Crippen molar-refractivity contribution >= 4 is 28.2 Å². The molecular formula is C17H19FN8O2. The molecule has 10 nitrogen and oxygen atoms in total. The lowest BCUT2D eigenvalue weighted by atomic mass is 10.2. The second-order valence-corrected chi connectivity index (χ2v) is 6.60. The van der Waals surface area contributed by atoms with Crippen molar-refractivity contribution in [1.29, 1.82) is 0 Å².